The second-order valence-electron chi connectivity index (χ2n) is 5.09. The molecule has 0 amide bonds. The highest BCUT2D eigenvalue weighted by atomic mass is 79.9. The van der Waals surface area contributed by atoms with Crippen LogP contribution in [0.4, 0.5) is 0 Å². The molecule has 0 aliphatic carbocycles. The van der Waals surface area contributed by atoms with Crippen molar-refractivity contribution in [1.82, 2.24) is 15.1 Å². The van der Waals surface area contributed by atoms with Crippen molar-refractivity contribution in [3.63, 3.8) is 0 Å². The Morgan fingerprint density at radius 1 is 1.24 bits per heavy atom. The van der Waals surface area contributed by atoms with Gasteiger partial charge < -0.3 is 5.32 Å². The maximum Gasteiger partial charge on any atom is 0.0760 e. The van der Waals surface area contributed by atoms with Gasteiger partial charge in [-0.3, -0.25) is 4.68 Å². The molecule has 2 aromatic rings. The molecular weight excluding hydrogens is 394 g/mol. The summed E-state index contributed by atoms with van der Waals surface area (Å²) >= 11 is 7.28. The molecular formula is C16H21Br2N3. The Bertz CT molecular complexity index is 608. The monoisotopic (exact) mass is 413 g/mol. The first-order valence-corrected chi connectivity index (χ1v) is 8.87. The quantitative estimate of drug-likeness (QED) is 0.733. The number of hydrogen-bond acceptors (Lipinski definition) is 2. The predicted octanol–water partition coefficient (Wildman–Crippen LogP) is 4.83. The van der Waals surface area contributed by atoms with Crippen LogP contribution >= 0.6 is 31.9 Å². The van der Waals surface area contributed by atoms with E-state index in [4.69, 9.17) is 0 Å². The van der Waals surface area contributed by atoms with Crippen LogP contribution in [0.5, 0.6) is 0 Å². The maximum atomic E-state index is 4.45. The average Bonchev–Trinajstić information content (AvgIpc) is 2.84. The fourth-order valence-electron chi connectivity index (χ4n) is 2.36. The molecule has 1 aromatic carbocycles. The van der Waals surface area contributed by atoms with Crippen LogP contribution in [0.15, 0.2) is 33.3 Å². The SMILES string of the molecule is CCCNC(c1ccc(C)c(Br)c1)c1c(Br)cnn1CC. The van der Waals surface area contributed by atoms with Crippen molar-refractivity contribution in [3.8, 4) is 0 Å². The van der Waals surface area contributed by atoms with E-state index in [2.05, 4.69) is 81.2 Å². The summed E-state index contributed by atoms with van der Waals surface area (Å²) in [6.45, 7) is 8.23. The molecule has 0 fully saturated rings. The minimum absolute atomic E-state index is 0.138. The highest BCUT2D eigenvalue weighted by molar-refractivity contribution is 9.10. The van der Waals surface area contributed by atoms with Crippen molar-refractivity contribution in [2.45, 2.75) is 39.8 Å². The third-order valence-electron chi connectivity index (χ3n) is 3.53. The molecule has 1 N–H and O–H groups in total. The van der Waals surface area contributed by atoms with E-state index < -0.39 is 0 Å². The maximum absolute atomic E-state index is 4.45. The van der Waals surface area contributed by atoms with Crippen LogP contribution in [-0.4, -0.2) is 16.3 Å². The van der Waals surface area contributed by atoms with Gasteiger partial charge in [0, 0.05) is 11.0 Å². The lowest BCUT2D eigenvalue weighted by atomic mass is 10.0. The molecule has 3 nitrogen and oxygen atoms in total. The lowest BCUT2D eigenvalue weighted by Crippen LogP contribution is -2.26. The van der Waals surface area contributed by atoms with E-state index >= 15 is 0 Å². The van der Waals surface area contributed by atoms with Gasteiger partial charge in [0.2, 0.25) is 0 Å². The lowest BCUT2D eigenvalue weighted by molar-refractivity contribution is 0.528. The summed E-state index contributed by atoms with van der Waals surface area (Å²) < 4.78 is 4.24. The van der Waals surface area contributed by atoms with Crippen LogP contribution in [0, 0.1) is 6.92 Å². The van der Waals surface area contributed by atoms with Crippen LogP contribution in [-0.2, 0) is 6.54 Å². The zero-order valence-electron chi connectivity index (χ0n) is 12.7. The van der Waals surface area contributed by atoms with Gasteiger partial charge in [0.15, 0.2) is 0 Å². The molecule has 0 saturated carbocycles. The van der Waals surface area contributed by atoms with E-state index in [1.807, 2.05) is 10.9 Å². The first kappa shape index (κ1) is 16.7. The first-order valence-electron chi connectivity index (χ1n) is 7.29. The molecule has 0 bridgehead atoms. The zero-order chi connectivity index (χ0) is 15.4. The molecule has 2 rings (SSSR count). The second-order valence-corrected chi connectivity index (χ2v) is 6.80. The zero-order valence-corrected chi connectivity index (χ0v) is 15.8. The Balaban J connectivity index is 2.46. The molecule has 0 spiro atoms. The summed E-state index contributed by atoms with van der Waals surface area (Å²) in [4.78, 5) is 0. The smallest absolute Gasteiger partial charge is 0.0760 e. The molecule has 0 radical (unpaired) electrons. The second kappa shape index (κ2) is 7.56. The van der Waals surface area contributed by atoms with Crippen LogP contribution in [0.3, 0.4) is 0 Å². The average molecular weight is 415 g/mol. The normalized spacial score (nSPS) is 12.6. The van der Waals surface area contributed by atoms with E-state index in [0.717, 1.165) is 28.5 Å². The number of nitrogens with one attached hydrogen (secondary N) is 1. The highest BCUT2D eigenvalue weighted by Crippen LogP contribution is 2.31. The Morgan fingerprint density at radius 3 is 2.62 bits per heavy atom. The van der Waals surface area contributed by atoms with Crippen molar-refractivity contribution in [1.29, 1.82) is 0 Å². The van der Waals surface area contributed by atoms with Gasteiger partial charge in [-0.25, -0.2) is 0 Å². The number of halogens is 2. The fraction of sp³-hybridized carbons (Fsp3) is 0.438. The number of rotatable bonds is 6. The molecule has 0 aliphatic rings. The molecule has 5 heteroatoms. The van der Waals surface area contributed by atoms with Gasteiger partial charge in [-0.1, -0.05) is 35.0 Å². The Kier molecular flexibility index (Phi) is 6.02. The van der Waals surface area contributed by atoms with Crippen LogP contribution < -0.4 is 5.32 Å². The fourth-order valence-corrected chi connectivity index (χ4v) is 3.28. The van der Waals surface area contributed by atoms with E-state index in [9.17, 15) is 0 Å². The molecule has 114 valence electrons. The van der Waals surface area contributed by atoms with Crippen molar-refractivity contribution in [2.75, 3.05) is 6.54 Å². The van der Waals surface area contributed by atoms with E-state index in [0.29, 0.717) is 0 Å². The number of aromatic nitrogens is 2. The number of nitrogens with zero attached hydrogens (tertiary/aromatic N) is 2. The standard InChI is InChI=1S/C16H21Br2N3/c1-4-8-19-15(12-7-6-11(3)13(17)9-12)16-14(18)10-20-21(16)5-2/h6-7,9-10,15,19H,4-5,8H2,1-3H3. The highest BCUT2D eigenvalue weighted by Gasteiger charge is 2.21. The van der Waals surface area contributed by atoms with E-state index in [-0.39, 0.29) is 6.04 Å². The minimum atomic E-state index is 0.138. The predicted molar refractivity (Wildman–Crippen MR) is 94.6 cm³/mol. The van der Waals surface area contributed by atoms with Gasteiger partial charge in [0.25, 0.3) is 0 Å². The van der Waals surface area contributed by atoms with Crippen LogP contribution in [0.25, 0.3) is 0 Å². The van der Waals surface area contributed by atoms with Gasteiger partial charge in [-0.2, -0.15) is 5.10 Å². The molecule has 1 atom stereocenters. The van der Waals surface area contributed by atoms with Crippen molar-refractivity contribution < 1.29 is 0 Å². The Hall–Kier alpha value is -0.650. The van der Waals surface area contributed by atoms with Crippen molar-refractivity contribution in [3.05, 3.63) is 50.2 Å². The molecule has 1 aromatic heterocycles. The van der Waals surface area contributed by atoms with Gasteiger partial charge in [0.1, 0.15) is 0 Å². The topological polar surface area (TPSA) is 29.9 Å². The largest absolute Gasteiger partial charge is 0.305 e. The molecule has 0 aliphatic heterocycles. The Morgan fingerprint density at radius 2 is 2.00 bits per heavy atom. The minimum Gasteiger partial charge on any atom is -0.305 e. The van der Waals surface area contributed by atoms with Gasteiger partial charge >= 0.3 is 0 Å². The third kappa shape index (κ3) is 3.76. The number of benzene rings is 1. The summed E-state index contributed by atoms with van der Waals surface area (Å²) in [7, 11) is 0. The summed E-state index contributed by atoms with van der Waals surface area (Å²) in [5.41, 5.74) is 3.68. The Labute approximate surface area is 143 Å². The molecule has 0 saturated heterocycles. The third-order valence-corrected chi connectivity index (χ3v) is 5.00. The molecule has 1 heterocycles. The van der Waals surface area contributed by atoms with Crippen molar-refractivity contribution >= 4 is 31.9 Å². The van der Waals surface area contributed by atoms with Crippen LogP contribution in [0.1, 0.15) is 43.1 Å². The van der Waals surface area contributed by atoms with E-state index in [1.54, 1.807) is 0 Å². The van der Waals surface area contributed by atoms with Gasteiger partial charge in [0.05, 0.1) is 22.4 Å². The van der Waals surface area contributed by atoms with Crippen molar-refractivity contribution in [2.24, 2.45) is 0 Å². The van der Waals surface area contributed by atoms with E-state index in [1.165, 1.54) is 16.8 Å². The summed E-state index contributed by atoms with van der Waals surface area (Å²) in [5, 5.41) is 8.09. The van der Waals surface area contributed by atoms with Gasteiger partial charge in [-0.05, 0) is 59.9 Å². The van der Waals surface area contributed by atoms with Gasteiger partial charge in [-0.15, -0.1) is 0 Å². The molecule has 1 unspecified atom stereocenters. The summed E-state index contributed by atoms with van der Waals surface area (Å²) in [5.74, 6) is 0. The lowest BCUT2D eigenvalue weighted by Gasteiger charge is -2.21. The summed E-state index contributed by atoms with van der Waals surface area (Å²) in [6.07, 6.45) is 2.98. The number of hydrogen-bond donors (Lipinski definition) is 1. The van der Waals surface area contributed by atoms with Crippen LogP contribution in [0.2, 0.25) is 0 Å². The first-order chi connectivity index (χ1) is 10.1. The molecule has 21 heavy (non-hydrogen) atoms. The summed E-state index contributed by atoms with van der Waals surface area (Å²) in [6, 6.07) is 6.67. The number of aryl methyl sites for hydroxylation is 2.